The summed E-state index contributed by atoms with van der Waals surface area (Å²) in [7, 11) is 1.78. The third-order valence-corrected chi connectivity index (χ3v) is 5.17. The lowest BCUT2D eigenvalue weighted by Gasteiger charge is -2.10. The molecular weight excluding hydrogens is 396 g/mol. The summed E-state index contributed by atoms with van der Waals surface area (Å²) in [6.45, 7) is 1.44. The van der Waals surface area contributed by atoms with Gasteiger partial charge in [-0.15, -0.1) is 0 Å². The van der Waals surface area contributed by atoms with Crippen molar-refractivity contribution in [1.82, 2.24) is 15.0 Å². The highest BCUT2D eigenvalue weighted by atomic mass is 16.3. The van der Waals surface area contributed by atoms with E-state index in [1.54, 1.807) is 43.7 Å². The van der Waals surface area contributed by atoms with Gasteiger partial charge in [-0.1, -0.05) is 6.07 Å². The molecule has 9 nitrogen and oxygen atoms in total. The van der Waals surface area contributed by atoms with Gasteiger partial charge in [-0.2, -0.15) is 0 Å². The number of hydrogen-bond acceptors (Lipinski definition) is 7. The van der Waals surface area contributed by atoms with Crippen molar-refractivity contribution in [2.75, 3.05) is 23.0 Å². The average Bonchev–Trinajstić information content (AvgIpc) is 3.52. The van der Waals surface area contributed by atoms with Crippen molar-refractivity contribution in [1.29, 1.82) is 0 Å². The maximum Gasteiger partial charge on any atom is 0.229 e. The standard InChI is InChI=1S/C22H20N6O3/c1-11(29)26-16-4-3-5-17-19(16)28-22(31-17)15-10-25-20(23-2)14-9-24-18(8-13(14)15)27-21(30)12-6-7-12/h3-5,8-10,12H,6-7H2,1-2H3,(H,23,25)(H,26,29)(H,24,27,30). The minimum absolute atomic E-state index is 0.0156. The Bertz CT molecular complexity index is 1340. The molecule has 4 aromatic rings. The van der Waals surface area contributed by atoms with Crippen LogP contribution in [-0.4, -0.2) is 33.8 Å². The Morgan fingerprint density at radius 3 is 2.68 bits per heavy atom. The fourth-order valence-corrected chi connectivity index (χ4v) is 3.50. The second-order valence-electron chi connectivity index (χ2n) is 7.50. The van der Waals surface area contributed by atoms with E-state index >= 15 is 0 Å². The van der Waals surface area contributed by atoms with Gasteiger partial charge < -0.3 is 20.4 Å². The quantitative estimate of drug-likeness (QED) is 0.452. The summed E-state index contributed by atoms with van der Waals surface area (Å²) >= 11 is 0. The number of benzene rings is 1. The number of pyridine rings is 2. The Morgan fingerprint density at radius 2 is 1.94 bits per heavy atom. The zero-order valence-corrected chi connectivity index (χ0v) is 17.0. The summed E-state index contributed by atoms with van der Waals surface area (Å²) in [6.07, 6.45) is 5.17. The molecule has 0 unspecified atom stereocenters. The van der Waals surface area contributed by atoms with E-state index in [0.29, 0.717) is 39.9 Å². The number of anilines is 3. The first-order chi connectivity index (χ1) is 15.0. The number of oxazole rings is 1. The molecule has 1 aromatic carbocycles. The van der Waals surface area contributed by atoms with Gasteiger partial charge >= 0.3 is 0 Å². The number of amides is 2. The molecule has 0 bridgehead atoms. The van der Waals surface area contributed by atoms with Crippen LogP contribution in [0.5, 0.6) is 0 Å². The molecule has 0 saturated heterocycles. The molecule has 9 heteroatoms. The number of fused-ring (bicyclic) bond motifs is 2. The molecule has 1 saturated carbocycles. The van der Waals surface area contributed by atoms with E-state index in [4.69, 9.17) is 4.42 Å². The lowest BCUT2D eigenvalue weighted by atomic mass is 10.1. The van der Waals surface area contributed by atoms with Crippen LogP contribution >= 0.6 is 0 Å². The van der Waals surface area contributed by atoms with Crippen molar-refractivity contribution in [2.45, 2.75) is 19.8 Å². The number of para-hydroxylation sites is 1. The van der Waals surface area contributed by atoms with Gasteiger partial charge in [0.25, 0.3) is 0 Å². The van der Waals surface area contributed by atoms with Gasteiger partial charge in [0.2, 0.25) is 17.7 Å². The first-order valence-corrected chi connectivity index (χ1v) is 9.98. The average molecular weight is 416 g/mol. The summed E-state index contributed by atoms with van der Waals surface area (Å²) in [4.78, 5) is 37.2. The summed E-state index contributed by atoms with van der Waals surface area (Å²) in [6, 6.07) is 7.15. The molecule has 1 fully saturated rings. The normalized spacial score (nSPS) is 13.4. The number of carbonyl (C=O) groups excluding carboxylic acids is 2. The molecule has 0 atom stereocenters. The third-order valence-electron chi connectivity index (χ3n) is 5.17. The van der Waals surface area contributed by atoms with Gasteiger partial charge in [0.1, 0.15) is 17.2 Å². The molecule has 3 aromatic heterocycles. The lowest BCUT2D eigenvalue weighted by molar-refractivity contribution is -0.117. The van der Waals surface area contributed by atoms with Crippen LogP contribution in [-0.2, 0) is 9.59 Å². The molecule has 156 valence electrons. The number of hydrogen-bond donors (Lipinski definition) is 3. The van der Waals surface area contributed by atoms with Crippen molar-refractivity contribution >= 4 is 51.0 Å². The largest absolute Gasteiger partial charge is 0.436 e. The Labute approximate surface area is 177 Å². The molecule has 3 N–H and O–H groups in total. The summed E-state index contributed by atoms with van der Waals surface area (Å²) in [5, 5.41) is 10.3. The highest BCUT2D eigenvalue weighted by Gasteiger charge is 2.30. The number of rotatable bonds is 5. The third kappa shape index (κ3) is 3.54. The van der Waals surface area contributed by atoms with Crippen LogP contribution in [0, 0.1) is 5.92 Å². The maximum absolute atomic E-state index is 12.2. The molecule has 1 aliphatic carbocycles. The smallest absolute Gasteiger partial charge is 0.229 e. The van der Waals surface area contributed by atoms with Crippen molar-refractivity contribution in [3.63, 3.8) is 0 Å². The van der Waals surface area contributed by atoms with Crippen molar-refractivity contribution in [2.24, 2.45) is 5.92 Å². The number of carbonyl (C=O) groups is 2. The van der Waals surface area contributed by atoms with Gasteiger partial charge in [0, 0.05) is 43.1 Å². The van der Waals surface area contributed by atoms with Crippen molar-refractivity contribution in [3.8, 4) is 11.5 Å². The zero-order chi connectivity index (χ0) is 21.5. The molecule has 31 heavy (non-hydrogen) atoms. The first-order valence-electron chi connectivity index (χ1n) is 9.98. The summed E-state index contributed by atoms with van der Waals surface area (Å²) in [5.41, 5.74) is 2.32. The fraction of sp³-hybridized carbons (Fsp3) is 0.227. The van der Waals surface area contributed by atoms with E-state index in [2.05, 4.69) is 30.9 Å². The molecule has 0 aliphatic heterocycles. The molecule has 3 heterocycles. The first kappa shape index (κ1) is 19.0. The molecule has 0 spiro atoms. The fourth-order valence-electron chi connectivity index (χ4n) is 3.50. The number of nitrogens with one attached hydrogen (secondary N) is 3. The predicted octanol–water partition coefficient (Wildman–Crippen LogP) is 3.79. The SMILES string of the molecule is CNc1ncc(-c2nc3c(NC(C)=O)cccc3o2)c2cc(NC(=O)C3CC3)ncc12. The molecular formula is C22H20N6O3. The molecule has 1 aliphatic rings. The van der Waals surface area contributed by atoms with Gasteiger partial charge in [-0.25, -0.2) is 15.0 Å². The van der Waals surface area contributed by atoms with Crippen LogP contribution in [0.2, 0.25) is 0 Å². The predicted molar refractivity (Wildman–Crippen MR) is 118 cm³/mol. The van der Waals surface area contributed by atoms with Crippen LogP contribution in [0.3, 0.4) is 0 Å². The van der Waals surface area contributed by atoms with E-state index in [0.717, 1.165) is 23.6 Å². The van der Waals surface area contributed by atoms with Gasteiger partial charge in [0.15, 0.2) is 5.58 Å². The monoisotopic (exact) mass is 416 g/mol. The number of nitrogens with zero attached hydrogens (tertiary/aromatic N) is 3. The molecule has 0 radical (unpaired) electrons. The van der Waals surface area contributed by atoms with Crippen molar-refractivity contribution < 1.29 is 14.0 Å². The highest BCUT2D eigenvalue weighted by Crippen LogP contribution is 2.36. The molecule has 2 amide bonds. The lowest BCUT2D eigenvalue weighted by Crippen LogP contribution is -2.14. The van der Waals surface area contributed by atoms with Gasteiger partial charge in [-0.3, -0.25) is 9.59 Å². The van der Waals surface area contributed by atoms with E-state index in [1.165, 1.54) is 6.92 Å². The van der Waals surface area contributed by atoms with E-state index in [-0.39, 0.29) is 17.7 Å². The maximum atomic E-state index is 12.2. The van der Waals surface area contributed by atoms with Crippen LogP contribution in [0.25, 0.3) is 33.3 Å². The molecule has 5 rings (SSSR count). The Kier molecular flexibility index (Phi) is 4.50. The minimum atomic E-state index is -0.190. The van der Waals surface area contributed by atoms with Crippen LogP contribution in [0.4, 0.5) is 17.3 Å². The minimum Gasteiger partial charge on any atom is -0.436 e. The van der Waals surface area contributed by atoms with Gasteiger partial charge in [-0.05, 0) is 31.0 Å². The van der Waals surface area contributed by atoms with E-state index < -0.39 is 0 Å². The van der Waals surface area contributed by atoms with E-state index in [9.17, 15) is 9.59 Å². The van der Waals surface area contributed by atoms with Gasteiger partial charge in [0.05, 0.1) is 11.3 Å². The zero-order valence-electron chi connectivity index (χ0n) is 17.0. The van der Waals surface area contributed by atoms with Crippen LogP contribution < -0.4 is 16.0 Å². The summed E-state index contributed by atoms with van der Waals surface area (Å²) < 4.78 is 6.00. The summed E-state index contributed by atoms with van der Waals surface area (Å²) in [5.74, 6) is 1.35. The Hall–Kier alpha value is -4.01. The van der Waals surface area contributed by atoms with Crippen LogP contribution in [0.1, 0.15) is 19.8 Å². The van der Waals surface area contributed by atoms with Crippen molar-refractivity contribution in [3.05, 3.63) is 36.7 Å². The van der Waals surface area contributed by atoms with Crippen LogP contribution in [0.15, 0.2) is 41.1 Å². The highest BCUT2D eigenvalue weighted by molar-refractivity contribution is 6.04. The second kappa shape index (κ2) is 7.35. The van der Waals surface area contributed by atoms with E-state index in [1.807, 2.05) is 0 Å². The Balaban J connectivity index is 1.64. The second-order valence-corrected chi connectivity index (χ2v) is 7.50. The number of aromatic nitrogens is 3. The topological polar surface area (TPSA) is 122 Å². The Morgan fingerprint density at radius 1 is 1.10 bits per heavy atom.